The van der Waals surface area contributed by atoms with E-state index in [4.69, 9.17) is 0 Å². The van der Waals surface area contributed by atoms with E-state index in [0.717, 1.165) is 10.7 Å². The Hall–Kier alpha value is -1.16. The Morgan fingerprint density at radius 3 is 3.00 bits per heavy atom. The monoisotopic (exact) mass is 196 g/mol. The molecule has 3 nitrogen and oxygen atoms in total. The van der Waals surface area contributed by atoms with Crippen LogP contribution in [0.3, 0.4) is 0 Å². The standard InChI is InChI=1S/C9H12N2OS/c1-4-9(12)11(3)5-8-6-13-7(2)10-8/h4,6H,1,5H2,2-3H3. The molecule has 0 saturated carbocycles. The summed E-state index contributed by atoms with van der Waals surface area (Å²) in [6.45, 7) is 5.92. The van der Waals surface area contributed by atoms with Crippen LogP contribution in [0.1, 0.15) is 10.7 Å². The van der Waals surface area contributed by atoms with Gasteiger partial charge in [-0.15, -0.1) is 11.3 Å². The largest absolute Gasteiger partial charge is 0.336 e. The third kappa shape index (κ3) is 2.66. The molecule has 0 aromatic carbocycles. The molecule has 0 aliphatic heterocycles. The van der Waals surface area contributed by atoms with Crippen LogP contribution in [0.25, 0.3) is 0 Å². The van der Waals surface area contributed by atoms with Gasteiger partial charge in [0.25, 0.3) is 0 Å². The van der Waals surface area contributed by atoms with Gasteiger partial charge >= 0.3 is 0 Å². The number of aromatic nitrogens is 1. The van der Waals surface area contributed by atoms with Gasteiger partial charge in [-0.2, -0.15) is 0 Å². The molecule has 1 heterocycles. The highest BCUT2D eigenvalue weighted by atomic mass is 32.1. The summed E-state index contributed by atoms with van der Waals surface area (Å²) in [5.74, 6) is -0.0781. The van der Waals surface area contributed by atoms with Crippen LogP contribution in [0, 0.1) is 6.92 Å². The van der Waals surface area contributed by atoms with Crippen molar-refractivity contribution in [3.05, 3.63) is 28.7 Å². The van der Waals surface area contributed by atoms with Crippen LogP contribution in [0.5, 0.6) is 0 Å². The summed E-state index contributed by atoms with van der Waals surface area (Å²) < 4.78 is 0. The number of amides is 1. The fraction of sp³-hybridized carbons (Fsp3) is 0.333. The highest BCUT2D eigenvalue weighted by Gasteiger charge is 2.06. The van der Waals surface area contributed by atoms with E-state index in [1.165, 1.54) is 6.08 Å². The van der Waals surface area contributed by atoms with E-state index >= 15 is 0 Å². The van der Waals surface area contributed by atoms with Crippen molar-refractivity contribution in [2.24, 2.45) is 0 Å². The Labute approximate surface area is 81.7 Å². The number of rotatable bonds is 3. The number of aryl methyl sites for hydroxylation is 1. The van der Waals surface area contributed by atoms with Gasteiger partial charge in [-0.25, -0.2) is 4.98 Å². The summed E-state index contributed by atoms with van der Waals surface area (Å²) in [5.41, 5.74) is 0.931. The van der Waals surface area contributed by atoms with Gasteiger partial charge in [0.15, 0.2) is 0 Å². The molecule has 1 rings (SSSR count). The molecule has 0 aliphatic carbocycles. The second-order valence-electron chi connectivity index (χ2n) is 2.76. The lowest BCUT2D eigenvalue weighted by Crippen LogP contribution is -2.23. The van der Waals surface area contributed by atoms with Gasteiger partial charge in [0.05, 0.1) is 17.2 Å². The fourth-order valence-electron chi connectivity index (χ4n) is 0.958. The molecule has 0 fully saturated rings. The van der Waals surface area contributed by atoms with Gasteiger partial charge in [0.2, 0.25) is 5.91 Å². The Balaban J connectivity index is 2.59. The van der Waals surface area contributed by atoms with Crippen LogP contribution in [0.4, 0.5) is 0 Å². The maximum atomic E-state index is 11.1. The van der Waals surface area contributed by atoms with Crippen molar-refractivity contribution >= 4 is 17.2 Å². The van der Waals surface area contributed by atoms with Gasteiger partial charge < -0.3 is 4.90 Å². The summed E-state index contributed by atoms with van der Waals surface area (Å²) in [7, 11) is 1.73. The molecule has 1 aromatic rings. The van der Waals surface area contributed by atoms with Gasteiger partial charge in [0.1, 0.15) is 0 Å². The maximum absolute atomic E-state index is 11.1. The van der Waals surface area contributed by atoms with Crippen LogP contribution in [0.15, 0.2) is 18.0 Å². The Morgan fingerprint density at radius 2 is 2.54 bits per heavy atom. The molecule has 1 amide bonds. The van der Waals surface area contributed by atoms with Gasteiger partial charge in [-0.1, -0.05) is 6.58 Å². The number of likely N-dealkylation sites (N-methyl/N-ethyl adjacent to an activating group) is 1. The molecule has 0 radical (unpaired) electrons. The van der Waals surface area contributed by atoms with E-state index in [1.54, 1.807) is 23.3 Å². The van der Waals surface area contributed by atoms with Crippen molar-refractivity contribution in [2.45, 2.75) is 13.5 Å². The average molecular weight is 196 g/mol. The molecule has 4 heteroatoms. The van der Waals surface area contributed by atoms with Crippen molar-refractivity contribution in [1.82, 2.24) is 9.88 Å². The quantitative estimate of drug-likeness (QED) is 0.688. The van der Waals surface area contributed by atoms with Crippen LogP contribution in [-0.4, -0.2) is 22.8 Å². The Bertz CT molecular complexity index is 319. The lowest BCUT2D eigenvalue weighted by molar-refractivity contribution is -0.125. The molecule has 70 valence electrons. The van der Waals surface area contributed by atoms with Crippen molar-refractivity contribution in [3.8, 4) is 0 Å². The number of nitrogens with zero attached hydrogens (tertiary/aromatic N) is 2. The molecule has 0 bridgehead atoms. The van der Waals surface area contributed by atoms with Crippen molar-refractivity contribution < 1.29 is 4.79 Å². The number of carbonyl (C=O) groups excluding carboxylic acids is 1. The maximum Gasteiger partial charge on any atom is 0.246 e. The smallest absolute Gasteiger partial charge is 0.246 e. The minimum absolute atomic E-state index is 0.0781. The molecule has 0 unspecified atom stereocenters. The molecular weight excluding hydrogens is 184 g/mol. The summed E-state index contributed by atoms with van der Waals surface area (Å²) >= 11 is 1.59. The number of hydrogen-bond acceptors (Lipinski definition) is 3. The van der Waals surface area contributed by atoms with Crippen molar-refractivity contribution in [1.29, 1.82) is 0 Å². The van der Waals surface area contributed by atoms with Crippen LogP contribution >= 0.6 is 11.3 Å². The fourth-order valence-corrected chi connectivity index (χ4v) is 1.56. The normalized spacial score (nSPS) is 9.69. The predicted octanol–water partition coefficient (Wildman–Crippen LogP) is 1.60. The zero-order valence-electron chi connectivity index (χ0n) is 7.78. The lowest BCUT2D eigenvalue weighted by Gasteiger charge is -2.12. The topological polar surface area (TPSA) is 33.2 Å². The van der Waals surface area contributed by atoms with Gasteiger partial charge in [-0.05, 0) is 13.0 Å². The highest BCUT2D eigenvalue weighted by Crippen LogP contribution is 2.09. The summed E-state index contributed by atoms with van der Waals surface area (Å²) in [4.78, 5) is 16.9. The minimum atomic E-state index is -0.0781. The Kier molecular flexibility index (Phi) is 3.19. The average Bonchev–Trinajstić information content (AvgIpc) is 2.49. The van der Waals surface area contributed by atoms with Crippen LogP contribution in [-0.2, 0) is 11.3 Å². The second kappa shape index (κ2) is 4.18. The highest BCUT2D eigenvalue weighted by molar-refractivity contribution is 7.09. The summed E-state index contributed by atoms with van der Waals surface area (Å²) in [6, 6.07) is 0. The van der Waals surface area contributed by atoms with Crippen molar-refractivity contribution in [2.75, 3.05) is 7.05 Å². The first-order valence-corrected chi connectivity index (χ1v) is 4.80. The molecule has 0 aliphatic rings. The zero-order valence-corrected chi connectivity index (χ0v) is 8.60. The first kappa shape index (κ1) is 9.92. The van der Waals surface area contributed by atoms with E-state index in [2.05, 4.69) is 11.6 Å². The predicted molar refractivity (Wildman–Crippen MR) is 53.5 cm³/mol. The van der Waals surface area contributed by atoms with E-state index in [-0.39, 0.29) is 5.91 Å². The van der Waals surface area contributed by atoms with Crippen LogP contribution in [0.2, 0.25) is 0 Å². The number of hydrogen-bond donors (Lipinski definition) is 0. The number of carbonyl (C=O) groups is 1. The second-order valence-corrected chi connectivity index (χ2v) is 3.82. The molecule has 0 atom stereocenters. The number of thiazole rings is 1. The van der Waals surface area contributed by atoms with E-state index in [9.17, 15) is 4.79 Å². The van der Waals surface area contributed by atoms with Gasteiger partial charge in [0, 0.05) is 12.4 Å². The Morgan fingerprint density at radius 1 is 1.85 bits per heavy atom. The molecule has 1 aromatic heterocycles. The first-order chi connectivity index (χ1) is 6.13. The SMILES string of the molecule is C=CC(=O)N(C)Cc1csc(C)n1. The third-order valence-corrected chi connectivity index (χ3v) is 2.44. The minimum Gasteiger partial charge on any atom is -0.336 e. The van der Waals surface area contributed by atoms with Gasteiger partial charge in [-0.3, -0.25) is 4.79 Å². The molecule has 0 saturated heterocycles. The zero-order chi connectivity index (χ0) is 9.84. The van der Waals surface area contributed by atoms with E-state index in [0.29, 0.717) is 6.54 Å². The molecular formula is C9H12N2OS. The molecule has 0 N–H and O–H groups in total. The summed E-state index contributed by atoms with van der Waals surface area (Å²) in [6.07, 6.45) is 1.30. The lowest BCUT2D eigenvalue weighted by atomic mass is 10.4. The molecule has 13 heavy (non-hydrogen) atoms. The first-order valence-electron chi connectivity index (χ1n) is 3.92. The van der Waals surface area contributed by atoms with Crippen molar-refractivity contribution in [3.63, 3.8) is 0 Å². The third-order valence-electron chi connectivity index (χ3n) is 1.62. The summed E-state index contributed by atoms with van der Waals surface area (Å²) in [5, 5.41) is 2.98. The molecule has 0 spiro atoms. The van der Waals surface area contributed by atoms with E-state index < -0.39 is 0 Å². The van der Waals surface area contributed by atoms with E-state index in [1.807, 2.05) is 12.3 Å². The van der Waals surface area contributed by atoms with Crippen LogP contribution < -0.4 is 0 Å².